The topological polar surface area (TPSA) is 174 Å². The molecule has 0 unspecified atom stereocenters. The van der Waals surface area contributed by atoms with E-state index in [1.165, 1.54) is 32.9 Å². The van der Waals surface area contributed by atoms with Crippen LogP contribution in [0.4, 0.5) is 46.5 Å². The third-order valence-corrected chi connectivity index (χ3v) is 14.8. The first-order valence-corrected chi connectivity index (χ1v) is 23.9. The van der Waals surface area contributed by atoms with E-state index in [0.29, 0.717) is 56.7 Å². The Morgan fingerprint density at radius 3 is 1.31 bits per heavy atom. The number of anilines is 2. The molecule has 0 atom stereocenters. The SMILES string of the molecule is CC(C)N1CCN(S(=O)(=O)N(Cc2ccc(-c3nnc(C(F)(F)F)o3)cc2F)c2ccccc2)CC1.Cl.O=S(=O)(N1CCNCC1)N(Cc1ccc(-c2nnc(C(F)(F)F)o2)cc1F)c1ccccc1. The third kappa shape index (κ3) is 12.6. The lowest BCUT2D eigenvalue weighted by Gasteiger charge is -2.38. The zero-order valence-corrected chi connectivity index (χ0v) is 39.6. The first-order chi connectivity index (χ1) is 32.6. The maximum Gasteiger partial charge on any atom is 0.470 e. The number of halogens is 9. The van der Waals surface area contributed by atoms with Gasteiger partial charge in [0.2, 0.25) is 11.8 Å². The number of piperazine rings is 2. The smallest absolute Gasteiger partial charge is 0.413 e. The van der Waals surface area contributed by atoms with E-state index in [9.17, 15) is 47.6 Å². The van der Waals surface area contributed by atoms with Crippen LogP contribution in [0.1, 0.15) is 36.8 Å². The van der Waals surface area contributed by atoms with Crippen LogP contribution in [0.3, 0.4) is 0 Å². The normalized spacial score (nSPS) is 15.5. The van der Waals surface area contributed by atoms with Gasteiger partial charge in [-0.2, -0.15) is 51.8 Å². The van der Waals surface area contributed by atoms with Crippen LogP contribution in [0.25, 0.3) is 22.9 Å². The molecule has 0 spiro atoms. The molecule has 6 aromatic rings. The van der Waals surface area contributed by atoms with E-state index < -0.39 is 68.0 Å². The first-order valence-electron chi connectivity index (χ1n) is 21.1. The van der Waals surface area contributed by atoms with Crippen molar-refractivity contribution in [2.45, 2.75) is 45.3 Å². The van der Waals surface area contributed by atoms with Gasteiger partial charge in [0.1, 0.15) is 11.6 Å². The van der Waals surface area contributed by atoms with Gasteiger partial charge in [-0.1, -0.05) is 48.5 Å². The Morgan fingerprint density at radius 2 is 0.971 bits per heavy atom. The van der Waals surface area contributed by atoms with Crippen LogP contribution in [-0.2, 0) is 45.9 Å². The summed E-state index contributed by atoms with van der Waals surface area (Å²) in [6, 6.07) is 24.0. The molecule has 2 fully saturated rings. The van der Waals surface area contributed by atoms with Crippen molar-refractivity contribution in [1.29, 1.82) is 0 Å². The third-order valence-electron chi connectivity index (χ3n) is 10.9. The molecule has 16 nitrogen and oxygen atoms in total. The molecule has 0 radical (unpaired) electrons. The summed E-state index contributed by atoms with van der Waals surface area (Å²) < 4.78 is 174. The molecule has 2 aliphatic heterocycles. The van der Waals surface area contributed by atoms with E-state index in [0.717, 1.165) is 20.7 Å². The molecule has 0 aliphatic carbocycles. The molecule has 8 rings (SSSR count). The molecular formula is C43H45ClF8N10O6S2. The predicted molar refractivity (Wildman–Crippen MR) is 242 cm³/mol. The summed E-state index contributed by atoms with van der Waals surface area (Å²) in [4.78, 5) is 2.18. The Kier molecular flexibility index (Phi) is 16.9. The fraction of sp³-hybridized carbons (Fsp3) is 0.349. The van der Waals surface area contributed by atoms with E-state index in [2.05, 4.69) is 39.4 Å². The number of aromatic nitrogens is 4. The second-order valence-corrected chi connectivity index (χ2v) is 19.5. The fourth-order valence-corrected chi connectivity index (χ4v) is 10.4. The molecular weight excluding hydrogens is 1000 g/mol. The van der Waals surface area contributed by atoms with Crippen LogP contribution in [0.5, 0.6) is 0 Å². The fourth-order valence-electron chi connectivity index (χ4n) is 7.24. The van der Waals surface area contributed by atoms with Gasteiger partial charge in [0.25, 0.3) is 0 Å². The van der Waals surface area contributed by atoms with Crippen molar-refractivity contribution in [2.75, 3.05) is 61.0 Å². The summed E-state index contributed by atoms with van der Waals surface area (Å²) in [6.07, 6.45) is -9.65. The monoisotopic (exact) mass is 1050 g/mol. The predicted octanol–water partition coefficient (Wildman–Crippen LogP) is 7.64. The van der Waals surface area contributed by atoms with Gasteiger partial charge >= 0.3 is 44.6 Å². The minimum absolute atomic E-state index is 0. The molecule has 4 aromatic carbocycles. The van der Waals surface area contributed by atoms with Gasteiger partial charge in [-0.25, -0.2) is 8.78 Å². The van der Waals surface area contributed by atoms with Crippen molar-refractivity contribution in [3.05, 3.63) is 132 Å². The van der Waals surface area contributed by atoms with Gasteiger partial charge in [-0.15, -0.1) is 32.8 Å². The molecule has 378 valence electrons. The second kappa shape index (κ2) is 22.1. The Labute approximate surface area is 403 Å². The van der Waals surface area contributed by atoms with Crippen LogP contribution < -0.4 is 13.9 Å². The van der Waals surface area contributed by atoms with E-state index in [1.807, 2.05) is 13.8 Å². The summed E-state index contributed by atoms with van der Waals surface area (Å²) >= 11 is 0. The minimum Gasteiger partial charge on any atom is -0.413 e. The average Bonchev–Trinajstić information content (AvgIpc) is 4.05. The largest absolute Gasteiger partial charge is 0.470 e. The molecule has 70 heavy (non-hydrogen) atoms. The molecule has 1 N–H and O–H groups in total. The van der Waals surface area contributed by atoms with E-state index in [4.69, 9.17) is 0 Å². The molecule has 0 amide bonds. The van der Waals surface area contributed by atoms with Crippen LogP contribution in [0, 0.1) is 11.6 Å². The number of hydrogen-bond acceptors (Lipinski definition) is 12. The van der Waals surface area contributed by atoms with Crippen LogP contribution in [0.15, 0.2) is 106 Å². The molecule has 27 heteroatoms. The second-order valence-electron chi connectivity index (χ2n) is 15.8. The summed E-state index contributed by atoms with van der Waals surface area (Å²) in [5.41, 5.74) is 0.651. The van der Waals surface area contributed by atoms with Gasteiger partial charge in [-0.05, 0) is 62.4 Å². The van der Waals surface area contributed by atoms with Gasteiger partial charge in [-0.3, -0.25) is 13.5 Å². The number of nitrogens with zero attached hydrogens (tertiary/aromatic N) is 9. The summed E-state index contributed by atoms with van der Waals surface area (Å²) in [6.45, 7) is 6.73. The van der Waals surface area contributed by atoms with Gasteiger partial charge in [0.15, 0.2) is 0 Å². The summed E-state index contributed by atoms with van der Waals surface area (Å²) in [5, 5.41) is 15.6. The lowest BCUT2D eigenvalue weighted by atomic mass is 10.1. The standard InChI is InChI=1S/C23H25F4N5O3S.C20H19F4N5O3S.ClH/c1-16(2)30-10-12-31(13-11-30)36(33,34)32(19-6-4-3-5-7-19)15-18-9-8-17(14-20(18)24)21-28-29-22(35-21)23(25,26)27;21-17-12-14(18-26-27-19(32-18)20(22,23)24)6-7-15(17)13-29(16-4-2-1-3-5-16)33(30,31)28-10-8-25-9-11-28;/h3-9,14,16H,10-13,15H2,1-2H3;1-7,12,25H,8-11,13H2;1H. The summed E-state index contributed by atoms with van der Waals surface area (Å²) in [7, 11) is -7.98. The maximum absolute atomic E-state index is 15.1. The van der Waals surface area contributed by atoms with Gasteiger partial charge in [0.05, 0.1) is 24.5 Å². The number of benzene rings is 4. The Morgan fingerprint density at radius 1 is 0.586 bits per heavy atom. The number of para-hydroxylation sites is 2. The Balaban J connectivity index is 0.000000227. The highest BCUT2D eigenvalue weighted by atomic mass is 35.5. The van der Waals surface area contributed by atoms with E-state index >= 15 is 4.39 Å². The van der Waals surface area contributed by atoms with E-state index in [1.54, 1.807) is 60.7 Å². The zero-order chi connectivity index (χ0) is 49.7. The van der Waals surface area contributed by atoms with E-state index in [-0.39, 0.29) is 60.8 Å². The highest BCUT2D eigenvalue weighted by Gasteiger charge is 2.40. The Hall–Kier alpha value is -5.77. The molecule has 2 aromatic heterocycles. The quantitative estimate of drug-likeness (QED) is 0.112. The van der Waals surface area contributed by atoms with Crippen molar-refractivity contribution in [3.8, 4) is 22.9 Å². The first kappa shape index (κ1) is 53.6. The van der Waals surface area contributed by atoms with Gasteiger partial charge < -0.3 is 14.2 Å². The maximum atomic E-state index is 15.1. The van der Waals surface area contributed by atoms with Crippen molar-refractivity contribution >= 4 is 44.2 Å². The Bertz CT molecular complexity index is 2900. The van der Waals surface area contributed by atoms with Crippen LogP contribution >= 0.6 is 12.4 Å². The van der Waals surface area contributed by atoms with Gasteiger partial charge in [0, 0.05) is 80.7 Å². The minimum atomic E-state index is -4.82. The summed E-state index contributed by atoms with van der Waals surface area (Å²) in [5.74, 6) is -5.72. The molecule has 0 bridgehead atoms. The van der Waals surface area contributed by atoms with Crippen molar-refractivity contribution in [1.82, 2.24) is 39.2 Å². The number of hydrogen-bond donors (Lipinski definition) is 1. The highest BCUT2D eigenvalue weighted by Crippen LogP contribution is 2.34. The van der Waals surface area contributed by atoms with Crippen LogP contribution in [0.2, 0.25) is 0 Å². The molecule has 2 aliphatic rings. The van der Waals surface area contributed by atoms with Crippen molar-refractivity contribution in [2.24, 2.45) is 0 Å². The number of nitrogens with one attached hydrogen (secondary N) is 1. The van der Waals surface area contributed by atoms with Crippen molar-refractivity contribution < 1.29 is 60.8 Å². The lowest BCUT2D eigenvalue weighted by molar-refractivity contribution is -0.157. The molecule has 0 saturated carbocycles. The number of alkyl halides is 6. The van der Waals surface area contributed by atoms with Crippen molar-refractivity contribution in [3.63, 3.8) is 0 Å². The highest BCUT2D eigenvalue weighted by molar-refractivity contribution is 7.90. The average molecular weight is 1050 g/mol. The zero-order valence-electron chi connectivity index (χ0n) is 37.1. The lowest BCUT2D eigenvalue weighted by Crippen LogP contribution is -2.54. The molecule has 4 heterocycles. The number of rotatable bonds is 13. The van der Waals surface area contributed by atoms with Crippen LogP contribution in [-0.4, -0.2) is 109 Å². The molecule has 2 saturated heterocycles.